The molecule has 0 radical (unpaired) electrons. The van der Waals surface area contributed by atoms with E-state index in [4.69, 9.17) is 11.6 Å². The summed E-state index contributed by atoms with van der Waals surface area (Å²) in [5, 5.41) is 10.6. The molecule has 1 aliphatic carbocycles. The Morgan fingerprint density at radius 2 is 1.83 bits per heavy atom. The Bertz CT molecular complexity index is 697. The Morgan fingerprint density at radius 1 is 1.00 bits per heavy atom. The number of phenolic OH excluding ortho intramolecular Hbond substituents is 1. The summed E-state index contributed by atoms with van der Waals surface area (Å²) in [4.78, 5) is 2.65. The maximum Gasteiger partial charge on any atom is 0.115 e. The van der Waals surface area contributed by atoms with Crippen molar-refractivity contribution in [3.05, 3.63) is 64.2 Å². The zero-order chi connectivity index (χ0) is 15.8. The quantitative estimate of drug-likeness (QED) is 0.882. The maximum atomic E-state index is 9.77. The van der Waals surface area contributed by atoms with E-state index in [1.165, 1.54) is 29.5 Å². The van der Waals surface area contributed by atoms with Crippen LogP contribution in [0.4, 0.5) is 0 Å². The molecule has 0 amide bonds. The topological polar surface area (TPSA) is 23.5 Å². The lowest BCUT2D eigenvalue weighted by atomic mass is 9.80. The molecule has 2 bridgehead atoms. The van der Waals surface area contributed by atoms with Crippen LogP contribution in [0.15, 0.2) is 42.5 Å². The van der Waals surface area contributed by atoms with E-state index in [1.807, 2.05) is 24.3 Å². The van der Waals surface area contributed by atoms with Crippen LogP contribution in [0.5, 0.6) is 5.75 Å². The van der Waals surface area contributed by atoms with E-state index in [9.17, 15) is 5.11 Å². The van der Waals surface area contributed by atoms with Crippen LogP contribution in [0.2, 0.25) is 5.02 Å². The molecule has 23 heavy (non-hydrogen) atoms. The Balaban J connectivity index is 1.57. The van der Waals surface area contributed by atoms with E-state index in [0.717, 1.165) is 31.0 Å². The average Bonchev–Trinajstić information content (AvgIpc) is 2.51. The molecule has 0 saturated carbocycles. The molecule has 2 aliphatic heterocycles. The summed E-state index contributed by atoms with van der Waals surface area (Å²) in [6.07, 6.45) is 4.76. The normalized spacial score (nSPS) is 24.0. The average molecular weight is 328 g/mol. The van der Waals surface area contributed by atoms with Crippen LogP contribution in [-0.2, 0) is 19.4 Å². The number of hydrogen-bond donors (Lipinski definition) is 1. The molecule has 2 heterocycles. The third-order valence-corrected chi connectivity index (χ3v) is 5.62. The number of halogens is 1. The summed E-state index contributed by atoms with van der Waals surface area (Å²) >= 11 is 6.00. The lowest BCUT2D eigenvalue weighted by Gasteiger charge is -2.42. The third-order valence-electron chi connectivity index (χ3n) is 5.37. The molecule has 2 unspecified atom stereocenters. The SMILES string of the molecule is Oc1ccc2c(c1)CC1CCC(C2)N(Cc2ccc(Cl)cc2)C1. The summed E-state index contributed by atoms with van der Waals surface area (Å²) in [6, 6.07) is 14.8. The zero-order valence-electron chi connectivity index (χ0n) is 13.2. The van der Waals surface area contributed by atoms with E-state index < -0.39 is 0 Å². The van der Waals surface area contributed by atoms with Crippen LogP contribution in [-0.4, -0.2) is 22.6 Å². The number of fused-ring (bicyclic) bond motifs is 2. The van der Waals surface area contributed by atoms with Gasteiger partial charge in [-0.25, -0.2) is 0 Å². The van der Waals surface area contributed by atoms with Gasteiger partial charge in [0.15, 0.2) is 0 Å². The highest BCUT2D eigenvalue weighted by Gasteiger charge is 2.31. The molecule has 1 saturated heterocycles. The van der Waals surface area contributed by atoms with Crippen LogP contribution in [0.1, 0.15) is 29.5 Å². The molecule has 0 spiro atoms. The molecule has 2 atom stereocenters. The van der Waals surface area contributed by atoms with Gasteiger partial charge in [-0.3, -0.25) is 4.90 Å². The number of phenols is 1. The summed E-state index contributed by atoms with van der Waals surface area (Å²) in [6.45, 7) is 2.16. The van der Waals surface area contributed by atoms with Gasteiger partial charge in [-0.15, -0.1) is 0 Å². The fourth-order valence-corrected chi connectivity index (χ4v) is 4.29. The van der Waals surface area contributed by atoms with Crippen LogP contribution in [0.3, 0.4) is 0 Å². The van der Waals surface area contributed by atoms with Crippen LogP contribution < -0.4 is 0 Å². The van der Waals surface area contributed by atoms with Gasteiger partial charge in [0.1, 0.15) is 5.75 Å². The number of aromatic hydroxyl groups is 1. The van der Waals surface area contributed by atoms with Crippen LogP contribution in [0.25, 0.3) is 0 Å². The number of nitrogens with zero attached hydrogens (tertiary/aromatic N) is 1. The van der Waals surface area contributed by atoms with Gasteiger partial charge in [0.25, 0.3) is 0 Å². The second kappa shape index (κ2) is 6.18. The first-order chi connectivity index (χ1) is 11.2. The smallest absolute Gasteiger partial charge is 0.115 e. The molecule has 1 N–H and O–H groups in total. The highest BCUT2D eigenvalue weighted by atomic mass is 35.5. The highest BCUT2D eigenvalue weighted by molar-refractivity contribution is 6.30. The second-order valence-electron chi connectivity index (χ2n) is 7.01. The summed E-state index contributed by atoms with van der Waals surface area (Å²) in [7, 11) is 0. The Hall–Kier alpha value is -1.51. The van der Waals surface area contributed by atoms with Crippen LogP contribution in [0, 0.1) is 5.92 Å². The lowest BCUT2D eigenvalue weighted by molar-refractivity contribution is 0.0938. The van der Waals surface area contributed by atoms with Crippen molar-refractivity contribution < 1.29 is 5.11 Å². The molecule has 5 rings (SSSR count). The number of benzene rings is 2. The van der Waals surface area contributed by atoms with E-state index in [-0.39, 0.29) is 0 Å². The lowest BCUT2D eigenvalue weighted by Crippen LogP contribution is -2.46. The first-order valence-electron chi connectivity index (χ1n) is 8.46. The predicted octanol–water partition coefficient (Wildman–Crippen LogP) is 4.43. The van der Waals surface area contributed by atoms with Crippen molar-refractivity contribution in [2.75, 3.05) is 6.54 Å². The summed E-state index contributed by atoms with van der Waals surface area (Å²) < 4.78 is 0. The molecular weight excluding hydrogens is 306 g/mol. The minimum absolute atomic E-state index is 0.401. The Morgan fingerprint density at radius 3 is 2.65 bits per heavy atom. The monoisotopic (exact) mass is 327 g/mol. The molecule has 1 fully saturated rings. The van der Waals surface area contributed by atoms with Crippen molar-refractivity contribution in [1.29, 1.82) is 0 Å². The van der Waals surface area contributed by atoms with Crippen molar-refractivity contribution in [2.24, 2.45) is 5.92 Å². The van der Waals surface area contributed by atoms with Gasteiger partial charge in [0.05, 0.1) is 0 Å². The fourth-order valence-electron chi connectivity index (χ4n) is 4.16. The van der Waals surface area contributed by atoms with Gasteiger partial charge >= 0.3 is 0 Å². The number of piperidine rings is 1. The minimum Gasteiger partial charge on any atom is -0.508 e. The predicted molar refractivity (Wildman–Crippen MR) is 93.9 cm³/mol. The summed E-state index contributed by atoms with van der Waals surface area (Å²) in [5.41, 5.74) is 4.11. The van der Waals surface area contributed by atoms with Gasteiger partial charge in [0, 0.05) is 24.2 Å². The van der Waals surface area contributed by atoms with Gasteiger partial charge in [-0.2, -0.15) is 0 Å². The van der Waals surface area contributed by atoms with Gasteiger partial charge < -0.3 is 5.11 Å². The molecular formula is C20H22ClNO. The first kappa shape index (κ1) is 15.0. The van der Waals surface area contributed by atoms with E-state index >= 15 is 0 Å². The maximum absolute atomic E-state index is 9.77. The standard InChI is InChI=1S/C20H22ClNO/c21-18-5-1-14(2-6-18)12-22-13-15-3-7-19(22)10-16-4-8-20(23)11-17(16)9-15/h1-2,4-6,8,11,15,19,23H,3,7,9-10,12-13H2. The van der Waals surface area contributed by atoms with E-state index in [0.29, 0.717) is 17.7 Å². The van der Waals surface area contributed by atoms with Crippen molar-refractivity contribution in [3.63, 3.8) is 0 Å². The fraction of sp³-hybridized carbons (Fsp3) is 0.400. The van der Waals surface area contributed by atoms with Crippen LogP contribution >= 0.6 is 11.6 Å². The Labute approximate surface area is 142 Å². The molecule has 3 aliphatic rings. The van der Waals surface area contributed by atoms with Crippen molar-refractivity contribution >= 4 is 11.6 Å². The van der Waals surface area contributed by atoms with Crippen molar-refractivity contribution in [1.82, 2.24) is 4.90 Å². The third kappa shape index (κ3) is 3.24. The highest BCUT2D eigenvalue weighted by Crippen LogP contribution is 2.34. The summed E-state index contributed by atoms with van der Waals surface area (Å²) in [5.74, 6) is 1.10. The largest absolute Gasteiger partial charge is 0.508 e. The zero-order valence-corrected chi connectivity index (χ0v) is 14.0. The van der Waals surface area contributed by atoms with Gasteiger partial charge in [-0.1, -0.05) is 29.8 Å². The molecule has 3 heteroatoms. The van der Waals surface area contributed by atoms with E-state index in [1.54, 1.807) is 0 Å². The number of hydrogen-bond acceptors (Lipinski definition) is 2. The molecule has 2 aromatic carbocycles. The van der Waals surface area contributed by atoms with Gasteiger partial charge in [0.2, 0.25) is 0 Å². The molecule has 2 nitrogen and oxygen atoms in total. The van der Waals surface area contributed by atoms with E-state index in [2.05, 4.69) is 23.1 Å². The second-order valence-corrected chi connectivity index (χ2v) is 7.45. The van der Waals surface area contributed by atoms with Crippen molar-refractivity contribution in [2.45, 2.75) is 38.3 Å². The van der Waals surface area contributed by atoms with Crippen molar-refractivity contribution in [3.8, 4) is 5.75 Å². The first-order valence-corrected chi connectivity index (χ1v) is 8.84. The van der Waals surface area contributed by atoms with Gasteiger partial charge in [-0.05, 0) is 72.6 Å². The molecule has 0 aromatic heterocycles. The molecule has 120 valence electrons. The number of rotatable bonds is 2. The minimum atomic E-state index is 0.401. The molecule has 2 aromatic rings. The Kier molecular flexibility index (Phi) is 4.04.